The van der Waals surface area contributed by atoms with E-state index in [0.29, 0.717) is 13.0 Å². The van der Waals surface area contributed by atoms with Gasteiger partial charge in [0.05, 0.1) is 13.0 Å². The van der Waals surface area contributed by atoms with Crippen LogP contribution in [0.2, 0.25) is 0 Å². The quantitative estimate of drug-likeness (QED) is 0.714. The van der Waals surface area contributed by atoms with Crippen LogP contribution in [0.25, 0.3) is 0 Å². The van der Waals surface area contributed by atoms with Gasteiger partial charge in [0.2, 0.25) is 0 Å². The second kappa shape index (κ2) is 3.88. The maximum absolute atomic E-state index is 13.0. The first-order valence-corrected chi connectivity index (χ1v) is 4.81. The Morgan fingerprint density at radius 3 is 3.13 bits per heavy atom. The van der Waals surface area contributed by atoms with E-state index in [9.17, 15) is 9.18 Å². The predicted molar refractivity (Wildman–Crippen MR) is 54.1 cm³/mol. The number of carbonyl (C=O) groups excluding carboxylic acids is 1. The van der Waals surface area contributed by atoms with Crippen LogP contribution in [-0.2, 0) is 16.0 Å². The molecule has 0 bridgehead atoms. The van der Waals surface area contributed by atoms with Gasteiger partial charge in [-0.25, -0.2) is 4.39 Å². The Balaban J connectivity index is 2.22. The Bertz CT molecular complexity index is 392. The maximum Gasteiger partial charge on any atom is 0.310 e. The number of hydrogen-bond donors (Lipinski definition) is 1. The molecule has 2 rings (SSSR count). The van der Waals surface area contributed by atoms with E-state index < -0.39 is 0 Å². The predicted octanol–water partition coefficient (Wildman–Crippen LogP) is 1.58. The molecule has 0 amide bonds. The smallest absolute Gasteiger partial charge is 0.310 e. The molecule has 1 atom stereocenters. The number of ether oxygens (including phenoxy) is 1. The highest BCUT2D eigenvalue weighted by atomic mass is 19.1. The van der Waals surface area contributed by atoms with Crippen LogP contribution in [0.1, 0.15) is 5.56 Å². The van der Waals surface area contributed by atoms with Crippen molar-refractivity contribution in [2.45, 2.75) is 6.42 Å². The minimum atomic E-state index is -0.277. The Hall–Kier alpha value is -1.58. The third-order valence-corrected chi connectivity index (χ3v) is 2.61. The number of fused-ring (bicyclic) bond motifs is 1. The second-order valence-corrected chi connectivity index (χ2v) is 3.61. The molecule has 15 heavy (non-hydrogen) atoms. The largest absolute Gasteiger partial charge is 0.469 e. The summed E-state index contributed by atoms with van der Waals surface area (Å²) >= 11 is 0. The summed E-state index contributed by atoms with van der Waals surface area (Å²) < 4.78 is 17.6. The first-order valence-electron chi connectivity index (χ1n) is 4.81. The van der Waals surface area contributed by atoms with E-state index in [1.807, 2.05) is 0 Å². The van der Waals surface area contributed by atoms with Crippen LogP contribution in [0.15, 0.2) is 18.2 Å². The van der Waals surface area contributed by atoms with Crippen LogP contribution in [0, 0.1) is 11.7 Å². The molecule has 1 aromatic rings. The topological polar surface area (TPSA) is 38.3 Å². The highest BCUT2D eigenvalue weighted by molar-refractivity contribution is 5.75. The number of esters is 1. The number of hydrogen-bond acceptors (Lipinski definition) is 3. The van der Waals surface area contributed by atoms with Gasteiger partial charge >= 0.3 is 5.97 Å². The standard InChI is InChI=1S/C11H12FNO2/c1-15-11(14)8-4-7-5-9(12)2-3-10(7)13-6-8/h2-3,5,8,13H,4,6H2,1H3. The molecule has 1 aliphatic rings. The molecule has 1 unspecified atom stereocenters. The lowest BCUT2D eigenvalue weighted by Gasteiger charge is -2.24. The molecule has 0 saturated heterocycles. The molecule has 0 aliphatic carbocycles. The zero-order valence-electron chi connectivity index (χ0n) is 8.42. The summed E-state index contributed by atoms with van der Waals surface area (Å²) in [5.74, 6) is -0.747. The average molecular weight is 209 g/mol. The van der Waals surface area contributed by atoms with Crippen molar-refractivity contribution in [1.82, 2.24) is 0 Å². The van der Waals surface area contributed by atoms with Gasteiger partial charge in [-0.1, -0.05) is 0 Å². The summed E-state index contributed by atoms with van der Waals surface area (Å²) in [5, 5.41) is 3.09. The van der Waals surface area contributed by atoms with Gasteiger partial charge in [0, 0.05) is 12.2 Å². The lowest BCUT2D eigenvalue weighted by atomic mass is 9.94. The molecule has 1 heterocycles. The summed E-state index contributed by atoms with van der Waals surface area (Å²) in [4.78, 5) is 11.3. The molecular formula is C11H12FNO2. The fourth-order valence-electron chi connectivity index (χ4n) is 1.81. The Labute approximate surface area is 87.2 Å². The number of halogens is 1. The van der Waals surface area contributed by atoms with Crippen LogP contribution < -0.4 is 5.32 Å². The molecule has 4 heteroatoms. The molecule has 0 aromatic heterocycles. The fraction of sp³-hybridized carbons (Fsp3) is 0.364. The SMILES string of the molecule is COC(=O)C1CNc2ccc(F)cc2C1. The second-order valence-electron chi connectivity index (χ2n) is 3.61. The van der Waals surface area contributed by atoms with Gasteiger partial charge in [-0.05, 0) is 30.2 Å². The van der Waals surface area contributed by atoms with E-state index in [1.54, 1.807) is 6.07 Å². The number of benzene rings is 1. The lowest BCUT2D eigenvalue weighted by Crippen LogP contribution is -2.30. The highest BCUT2D eigenvalue weighted by Gasteiger charge is 2.25. The summed E-state index contributed by atoms with van der Waals surface area (Å²) in [6, 6.07) is 4.56. The number of rotatable bonds is 1. The number of nitrogens with one attached hydrogen (secondary N) is 1. The van der Waals surface area contributed by atoms with E-state index in [1.165, 1.54) is 19.2 Å². The molecular weight excluding hydrogens is 197 g/mol. The molecule has 3 nitrogen and oxygen atoms in total. The number of methoxy groups -OCH3 is 1. The average Bonchev–Trinajstić information content (AvgIpc) is 2.27. The molecule has 1 aromatic carbocycles. The fourth-order valence-corrected chi connectivity index (χ4v) is 1.81. The van der Waals surface area contributed by atoms with Crippen molar-refractivity contribution in [2.24, 2.45) is 5.92 Å². The van der Waals surface area contributed by atoms with Crippen molar-refractivity contribution in [1.29, 1.82) is 0 Å². The maximum atomic E-state index is 13.0. The third kappa shape index (κ3) is 1.93. The number of carbonyl (C=O) groups is 1. The molecule has 0 radical (unpaired) electrons. The van der Waals surface area contributed by atoms with E-state index in [0.717, 1.165) is 11.3 Å². The first-order chi connectivity index (χ1) is 7.20. The summed E-state index contributed by atoms with van der Waals surface area (Å²) in [6.45, 7) is 0.547. The van der Waals surface area contributed by atoms with Gasteiger partial charge < -0.3 is 10.1 Å². The molecule has 1 N–H and O–H groups in total. The molecule has 1 aliphatic heterocycles. The zero-order chi connectivity index (χ0) is 10.8. The van der Waals surface area contributed by atoms with Gasteiger partial charge in [-0.15, -0.1) is 0 Å². The monoisotopic (exact) mass is 209 g/mol. The molecule has 0 spiro atoms. The normalized spacial score (nSPS) is 18.9. The van der Waals surface area contributed by atoms with E-state index >= 15 is 0 Å². The van der Waals surface area contributed by atoms with E-state index in [-0.39, 0.29) is 17.7 Å². The van der Waals surface area contributed by atoms with Crippen LogP contribution in [0.5, 0.6) is 0 Å². The summed E-state index contributed by atoms with van der Waals surface area (Å²) in [6.07, 6.45) is 0.534. The van der Waals surface area contributed by atoms with Crippen molar-refractivity contribution in [2.75, 3.05) is 19.0 Å². The Morgan fingerprint density at radius 1 is 1.60 bits per heavy atom. The van der Waals surface area contributed by atoms with Crippen LogP contribution in [0.3, 0.4) is 0 Å². The van der Waals surface area contributed by atoms with Crippen molar-refractivity contribution in [3.8, 4) is 0 Å². The van der Waals surface area contributed by atoms with Gasteiger partial charge in [-0.2, -0.15) is 0 Å². The molecule has 0 fully saturated rings. The van der Waals surface area contributed by atoms with Crippen LogP contribution >= 0.6 is 0 Å². The Morgan fingerprint density at radius 2 is 2.40 bits per heavy atom. The van der Waals surface area contributed by atoms with Crippen molar-refractivity contribution < 1.29 is 13.9 Å². The Kier molecular flexibility index (Phi) is 2.58. The molecule has 0 saturated carbocycles. The van der Waals surface area contributed by atoms with Crippen molar-refractivity contribution in [3.05, 3.63) is 29.6 Å². The number of anilines is 1. The summed E-state index contributed by atoms with van der Waals surface area (Å²) in [7, 11) is 1.36. The summed E-state index contributed by atoms with van der Waals surface area (Å²) in [5.41, 5.74) is 1.73. The van der Waals surface area contributed by atoms with Gasteiger partial charge in [0.15, 0.2) is 0 Å². The van der Waals surface area contributed by atoms with E-state index in [4.69, 9.17) is 0 Å². The van der Waals surface area contributed by atoms with Crippen molar-refractivity contribution >= 4 is 11.7 Å². The van der Waals surface area contributed by atoms with Crippen LogP contribution in [-0.4, -0.2) is 19.6 Å². The van der Waals surface area contributed by atoms with Crippen molar-refractivity contribution in [3.63, 3.8) is 0 Å². The van der Waals surface area contributed by atoms with Gasteiger partial charge in [0.1, 0.15) is 5.82 Å². The van der Waals surface area contributed by atoms with Gasteiger partial charge in [0.25, 0.3) is 0 Å². The highest BCUT2D eigenvalue weighted by Crippen LogP contribution is 2.25. The van der Waals surface area contributed by atoms with E-state index in [2.05, 4.69) is 10.1 Å². The minimum absolute atomic E-state index is 0.218. The van der Waals surface area contributed by atoms with Crippen LogP contribution in [0.4, 0.5) is 10.1 Å². The van der Waals surface area contributed by atoms with Gasteiger partial charge in [-0.3, -0.25) is 4.79 Å². The molecule has 80 valence electrons. The minimum Gasteiger partial charge on any atom is -0.469 e. The first kappa shape index (κ1) is 9.96. The zero-order valence-corrected chi connectivity index (χ0v) is 8.42. The lowest BCUT2D eigenvalue weighted by molar-refractivity contribution is -0.145. The third-order valence-electron chi connectivity index (χ3n) is 2.61.